The third-order valence-corrected chi connectivity index (χ3v) is 8.06. The van der Waals surface area contributed by atoms with Crippen molar-refractivity contribution in [2.24, 2.45) is 0 Å². The summed E-state index contributed by atoms with van der Waals surface area (Å²) in [5.41, 5.74) is 4.17. The Hall–Kier alpha value is -2.64. The number of hydrogen-bond donors (Lipinski definition) is 1. The Labute approximate surface area is 181 Å². The maximum absolute atomic E-state index is 12.4. The summed E-state index contributed by atoms with van der Waals surface area (Å²) in [4.78, 5) is 16.3. The van der Waals surface area contributed by atoms with Crippen molar-refractivity contribution in [3.63, 3.8) is 0 Å². The standard InChI is InChI=1S/C23H24N2O3S2/c1-17-2-8-21(9-3-17)30(27,28)15-12-23(26)24-19-4-6-20(7-5-19)25-13-10-22-18(16-25)11-14-29-22/h2-9,11,14H,10,12-13,15-16H2,1H3,(H,24,26). The molecule has 0 radical (unpaired) electrons. The van der Waals surface area contributed by atoms with Crippen LogP contribution in [0.3, 0.4) is 0 Å². The van der Waals surface area contributed by atoms with Gasteiger partial charge in [-0.3, -0.25) is 4.79 Å². The molecule has 1 aromatic heterocycles. The Kier molecular flexibility index (Phi) is 5.92. The summed E-state index contributed by atoms with van der Waals surface area (Å²) in [5.74, 6) is -0.518. The van der Waals surface area contributed by atoms with E-state index in [2.05, 4.69) is 21.7 Å². The molecule has 7 heteroatoms. The molecule has 1 N–H and O–H groups in total. The summed E-state index contributed by atoms with van der Waals surface area (Å²) in [7, 11) is -3.47. The Bertz CT molecular complexity index is 1130. The van der Waals surface area contributed by atoms with E-state index in [-0.39, 0.29) is 23.0 Å². The molecule has 156 valence electrons. The lowest BCUT2D eigenvalue weighted by Crippen LogP contribution is -2.29. The molecule has 0 unspecified atom stereocenters. The first-order chi connectivity index (χ1) is 14.4. The minimum atomic E-state index is -3.47. The second-order valence-corrected chi connectivity index (χ2v) is 10.6. The quantitative estimate of drug-likeness (QED) is 0.616. The van der Waals surface area contributed by atoms with E-state index in [9.17, 15) is 13.2 Å². The zero-order valence-corrected chi connectivity index (χ0v) is 18.4. The van der Waals surface area contributed by atoms with Crippen LogP contribution in [0.15, 0.2) is 64.9 Å². The second-order valence-electron chi connectivity index (χ2n) is 7.52. The van der Waals surface area contributed by atoms with Gasteiger partial charge in [0.15, 0.2) is 9.84 Å². The number of fused-ring (bicyclic) bond motifs is 1. The lowest BCUT2D eigenvalue weighted by Gasteiger charge is -2.29. The molecule has 30 heavy (non-hydrogen) atoms. The number of sulfone groups is 1. The SMILES string of the molecule is Cc1ccc(S(=O)(=O)CCC(=O)Nc2ccc(N3CCc4sccc4C3)cc2)cc1. The predicted molar refractivity (Wildman–Crippen MR) is 122 cm³/mol. The van der Waals surface area contributed by atoms with E-state index in [0.29, 0.717) is 5.69 Å². The fraction of sp³-hybridized carbons (Fsp3) is 0.261. The summed E-state index contributed by atoms with van der Waals surface area (Å²) in [6.07, 6.45) is 0.978. The Morgan fingerprint density at radius 1 is 1.07 bits per heavy atom. The van der Waals surface area contributed by atoms with Gasteiger partial charge in [0.05, 0.1) is 10.6 Å². The molecule has 0 fully saturated rings. The fourth-order valence-electron chi connectivity index (χ4n) is 3.54. The minimum Gasteiger partial charge on any atom is -0.367 e. The maximum Gasteiger partial charge on any atom is 0.225 e. The van der Waals surface area contributed by atoms with Crippen molar-refractivity contribution in [1.29, 1.82) is 0 Å². The van der Waals surface area contributed by atoms with E-state index in [1.165, 1.54) is 10.4 Å². The van der Waals surface area contributed by atoms with Crippen molar-refractivity contribution in [3.8, 4) is 0 Å². The largest absolute Gasteiger partial charge is 0.367 e. The topological polar surface area (TPSA) is 66.5 Å². The highest BCUT2D eigenvalue weighted by molar-refractivity contribution is 7.91. The molecule has 1 aliphatic rings. The van der Waals surface area contributed by atoms with Crippen LogP contribution >= 0.6 is 11.3 Å². The van der Waals surface area contributed by atoms with Gasteiger partial charge < -0.3 is 10.2 Å². The number of anilines is 2. The van der Waals surface area contributed by atoms with Gasteiger partial charge in [-0.15, -0.1) is 11.3 Å². The molecule has 3 aromatic rings. The number of nitrogens with zero attached hydrogens (tertiary/aromatic N) is 1. The molecule has 1 aliphatic heterocycles. The van der Waals surface area contributed by atoms with Crippen LogP contribution in [0, 0.1) is 6.92 Å². The molecule has 0 atom stereocenters. The van der Waals surface area contributed by atoms with Crippen LogP contribution in [0.25, 0.3) is 0 Å². The molecule has 0 saturated heterocycles. The van der Waals surface area contributed by atoms with Gasteiger partial charge in [-0.05, 0) is 66.8 Å². The average Bonchev–Trinajstić information content (AvgIpc) is 3.21. The lowest BCUT2D eigenvalue weighted by molar-refractivity contribution is -0.115. The van der Waals surface area contributed by atoms with Gasteiger partial charge in [0.25, 0.3) is 0 Å². The van der Waals surface area contributed by atoms with Crippen LogP contribution in [-0.4, -0.2) is 26.6 Å². The highest BCUT2D eigenvalue weighted by Crippen LogP contribution is 2.28. The molecule has 2 aromatic carbocycles. The zero-order valence-electron chi connectivity index (χ0n) is 16.8. The number of amides is 1. The summed E-state index contributed by atoms with van der Waals surface area (Å²) in [6.45, 7) is 3.79. The third kappa shape index (κ3) is 4.74. The molecule has 2 heterocycles. The Morgan fingerprint density at radius 3 is 2.53 bits per heavy atom. The molecule has 0 saturated carbocycles. The Balaban J connectivity index is 1.32. The van der Waals surface area contributed by atoms with E-state index in [1.807, 2.05) is 42.5 Å². The third-order valence-electron chi connectivity index (χ3n) is 5.30. The van der Waals surface area contributed by atoms with Crippen molar-refractivity contribution >= 4 is 38.5 Å². The van der Waals surface area contributed by atoms with Gasteiger partial charge in [-0.2, -0.15) is 0 Å². The van der Waals surface area contributed by atoms with Crippen LogP contribution < -0.4 is 10.2 Å². The molecular weight excluding hydrogens is 416 g/mol. The summed E-state index contributed by atoms with van der Waals surface area (Å²) in [6, 6.07) is 16.6. The first-order valence-electron chi connectivity index (χ1n) is 9.90. The molecular formula is C23H24N2O3S2. The number of carbonyl (C=O) groups is 1. The Morgan fingerprint density at radius 2 is 1.80 bits per heavy atom. The lowest BCUT2D eigenvalue weighted by atomic mass is 10.1. The predicted octanol–water partition coefficient (Wildman–Crippen LogP) is 4.42. The fourth-order valence-corrected chi connectivity index (χ4v) is 5.67. The van der Waals surface area contributed by atoms with Gasteiger partial charge in [0.1, 0.15) is 0 Å². The van der Waals surface area contributed by atoms with Crippen molar-refractivity contribution in [2.45, 2.75) is 31.2 Å². The van der Waals surface area contributed by atoms with Crippen molar-refractivity contribution in [3.05, 3.63) is 76.0 Å². The van der Waals surface area contributed by atoms with Crippen LogP contribution in [0.4, 0.5) is 11.4 Å². The van der Waals surface area contributed by atoms with Crippen molar-refractivity contribution < 1.29 is 13.2 Å². The summed E-state index contributed by atoms with van der Waals surface area (Å²) in [5, 5.41) is 4.94. The van der Waals surface area contributed by atoms with E-state index in [1.54, 1.807) is 24.3 Å². The second kappa shape index (κ2) is 8.62. The first-order valence-corrected chi connectivity index (χ1v) is 12.4. The highest BCUT2D eigenvalue weighted by Gasteiger charge is 2.18. The van der Waals surface area contributed by atoms with Gasteiger partial charge >= 0.3 is 0 Å². The van der Waals surface area contributed by atoms with E-state index < -0.39 is 9.84 Å². The van der Waals surface area contributed by atoms with Crippen LogP contribution in [-0.2, 0) is 27.6 Å². The van der Waals surface area contributed by atoms with E-state index in [0.717, 1.165) is 30.8 Å². The molecule has 0 spiro atoms. The summed E-state index contributed by atoms with van der Waals surface area (Å²) >= 11 is 1.82. The summed E-state index contributed by atoms with van der Waals surface area (Å²) < 4.78 is 24.8. The number of thiophene rings is 1. The molecule has 5 nitrogen and oxygen atoms in total. The number of hydrogen-bond acceptors (Lipinski definition) is 5. The van der Waals surface area contributed by atoms with Crippen LogP contribution in [0.2, 0.25) is 0 Å². The van der Waals surface area contributed by atoms with Gasteiger partial charge in [0, 0.05) is 35.8 Å². The van der Waals surface area contributed by atoms with E-state index >= 15 is 0 Å². The van der Waals surface area contributed by atoms with Gasteiger partial charge in [0.2, 0.25) is 5.91 Å². The molecule has 0 aliphatic carbocycles. The molecule has 0 bridgehead atoms. The minimum absolute atomic E-state index is 0.0784. The van der Waals surface area contributed by atoms with Crippen molar-refractivity contribution in [1.82, 2.24) is 0 Å². The average molecular weight is 441 g/mol. The normalized spacial score (nSPS) is 13.7. The zero-order chi connectivity index (χ0) is 21.1. The molecule has 1 amide bonds. The maximum atomic E-state index is 12.4. The molecule has 4 rings (SSSR count). The van der Waals surface area contributed by atoms with Crippen molar-refractivity contribution in [2.75, 3.05) is 22.5 Å². The number of carbonyl (C=O) groups excluding carboxylic acids is 1. The number of aryl methyl sites for hydroxylation is 1. The van der Waals surface area contributed by atoms with Gasteiger partial charge in [-0.1, -0.05) is 17.7 Å². The first kappa shape index (κ1) is 20.6. The van der Waals surface area contributed by atoms with E-state index in [4.69, 9.17) is 0 Å². The van der Waals surface area contributed by atoms with Crippen LogP contribution in [0.5, 0.6) is 0 Å². The highest BCUT2D eigenvalue weighted by atomic mass is 32.2. The van der Waals surface area contributed by atoms with Crippen LogP contribution in [0.1, 0.15) is 22.4 Å². The number of benzene rings is 2. The smallest absolute Gasteiger partial charge is 0.225 e. The van der Waals surface area contributed by atoms with Gasteiger partial charge in [-0.25, -0.2) is 8.42 Å². The monoisotopic (exact) mass is 440 g/mol. The number of rotatable bonds is 6. The number of nitrogens with one attached hydrogen (secondary N) is 1.